The van der Waals surface area contributed by atoms with E-state index in [0.29, 0.717) is 13.2 Å². The third-order valence-corrected chi connectivity index (χ3v) is 30.0. The quantitative estimate of drug-likeness (QED) is 0.0400. The molecule has 0 spiro atoms. The number of aliphatic hydroxyl groups excluding tert-OH is 2. The van der Waals surface area contributed by atoms with Gasteiger partial charge in [0.05, 0.1) is 56.8 Å². The number of carbonyl (C=O) groups excluding carboxylic acids is 2. The highest BCUT2D eigenvalue weighted by atomic mass is 28.4. The Morgan fingerprint density at radius 2 is 1.15 bits per heavy atom. The van der Waals surface area contributed by atoms with Crippen LogP contribution in [0.2, 0.25) is 54.4 Å². The second-order valence-electron chi connectivity index (χ2n) is 26.1. The van der Waals surface area contributed by atoms with Crippen molar-refractivity contribution in [3.05, 3.63) is 59.7 Å². The second kappa shape index (κ2) is 28.3. The fourth-order valence-corrected chi connectivity index (χ4v) is 13.1. The van der Waals surface area contributed by atoms with Crippen molar-refractivity contribution in [2.75, 3.05) is 20.8 Å². The van der Waals surface area contributed by atoms with Gasteiger partial charge in [-0.15, -0.1) is 0 Å². The first-order valence-corrected chi connectivity index (χ1v) is 35.5. The molecule has 0 radical (unpaired) electrons. The van der Waals surface area contributed by atoms with Crippen molar-refractivity contribution in [2.24, 2.45) is 47.2 Å². The molecule has 4 N–H and O–H groups in total. The lowest BCUT2D eigenvalue weighted by molar-refractivity contribution is -0.177. The Bertz CT molecular complexity index is 1840. The number of primary amides is 1. The summed E-state index contributed by atoms with van der Waals surface area (Å²) in [4.78, 5) is 31.2. The summed E-state index contributed by atoms with van der Waals surface area (Å²) in [6.45, 7) is 50.8. The predicted octanol–water partition coefficient (Wildman–Crippen LogP) is 13.3. The van der Waals surface area contributed by atoms with E-state index in [1.807, 2.05) is 57.2 Å². The third kappa shape index (κ3) is 20.7. The van der Waals surface area contributed by atoms with E-state index in [-0.39, 0.29) is 69.2 Å². The van der Waals surface area contributed by atoms with Gasteiger partial charge in [-0.1, -0.05) is 165 Å². The number of hydrogen-bond acceptors (Lipinski definition) is 10. The molecule has 0 saturated heterocycles. The number of allylic oxidation sites excluding steroid dienone is 1. The number of aliphatic hydroxyl groups is 2. The van der Waals surface area contributed by atoms with Crippen molar-refractivity contribution in [1.29, 1.82) is 0 Å². The molecule has 0 saturated carbocycles. The zero-order chi connectivity index (χ0) is 56.1. The predicted molar refractivity (Wildman–Crippen MR) is 305 cm³/mol. The maximum Gasteiger partial charge on any atom is 0.404 e. The van der Waals surface area contributed by atoms with Gasteiger partial charge in [0.25, 0.3) is 5.91 Å². The van der Waals surface area contributed by atoms with Crippen molar-refractivity contribution in [3.8, 4) is 0 Å². The largest absolute Gasteiger partial charge is 0.446 e. The summed E-state index contributed by atoms with van der Waals surface area (Å²) in [5.74, 6) is -1.70. The number of rotatable bonds is 29. The van der Waals surface area contributed by atoms with Gasteiger partial charge in [-0.05, 0) is 91.1 Å². The number of amides is 2. The van der Waals surface area contributed by atoms with Gasteiger partial charge < -0.3 is 38.7 Å². The Kier molecular flexibility index (Phi) is 26.6. The van der Waals surface area contributed by atoms with Crippen LogP contribution in [0.5, 0.6) is 0 Å². The van der Waals surface area contributed by atoms with Crippen LogP contribution in [0.25, 0.3) is 0 Å². The number of nitrogens with two attached hydrogens (primary N) is 1. The Labute approximate surface area is 443 Å². The number of ether oxygens (including phenoxy) is 2. The van der Waals surface area contributed by atoms with Crippen molar-refractivity contribution in [2.45, 2.75) is 228 Å². The maximum atomic E-state index is 13.4. The molecule has 2 amide bonds. The van der Waals surface area contributed by atoms with Crippen molar-refractivity contribution in [3.63, 3.8) is 0 Å². The molecule has 15 heteroatoms. The van der Waals surface area contributed by atoms with Gasteiger partial charge in [0.1, 0.15) is 6.10 Å². The lowest BCUT2D eigenvalue weighted by Crippen LogP contribution is -2.52. The van der Waals surface area contributed by atoms with Crippen molar-refractivity contribution in [1.82, 2.24) is 5.06 Å². The van der Waals surface area contributed by atoms with Gasteiger partial charge >= 0.3 is 6.09 Å². The molecular formula is C57H108N2O10Si3. The molecule has 0 aliphatic heterocycles. The molecular weight excluding hydrogens is 957 g/mol. The van der Waals surface area contributed by atoms with Gasteiger partial charge in [-0.3, -0.25) is 9.63 Å². The van der Waals surface area contributed by atoms with Gasteiger partial charge in [0.15, 0.2) is 25.0 Å². The van der Waals surface area contributed by atoms with E-state index in [1.165, 1.54) is 17.7 Å². The minimum Gasteiger partial charge on any atom is -0.446 e. The summed E-state index contributed by atoms with van der Waals surface area (Å²) < 4.78 is 33.6. The average molecular weight is 1070 g/mol. The zero-order valence-corrected chi connectivity index (χ0v) is 53.1. The number of benzene rings is 1. The average Bonchev–Trinajstić information content (AvgIpc) is 3.25. The van der Waals surface area contributed by atoms with Gasteiger partial charge in [0.2, 0.25) is 0 Å². The van der Waals surface area contributed by atoms with E-state index in [2.05, 4.69) is 142 Å². The highest BCUT2D eigenvalue weighted by Gasteiger charge is 2.47. The van der Waals surface area contributed by atoms with Gasteiger partial charge in [-0.25, -0.2) is 9.86 Å². The summed E-state index contributed by atoms with van der Waals surface area (Å²) >= 11 is 0. The van der Waals surface area contributed by atoms with Crippen LogP contribution in [0.4, 0.5) is 4.79 Å². The van der Waals surface area contributed by atoms with E-state index in [0.717, 1.165) is 12.0 Å². The normalized spacial score (nSPS) is 19.3. The Morgan fingerprint density at radius 1 is 0.681 bits per heavy atom. The summed E-state index contributed by atoms with van der Waals surface area (Å²) in [7, 11) is -3.96. The molecule has 0 fully saturated rings. The van der Waals surface area contributed by atoms with Crippen molar-refractivity contribution >= 4 is 37.0 Å². The van der Waals surface area contributed by atoms with Crippen LogP contribution in [0.3, 0.4) is 0 Å². The minimum atomic E-state index is -2.38. The van der Waals surface area contributed by atoms with Crippen LogP contribution < -0.4 is 5.73 Å². The fraction of sp³-hybridized carbons (Fsp3) is 0.789. The Balaban J connectivity index is 3.59. The summed E-state index contributed by atoms with van der Waals surface area (Å²) in [5.41, 5.74) is 8.04. The fourth-order valence-electron chi connectivity index (χ4n) is 8.67. The summed E-state index contributed by atoms with van der Waals surface area (Å²) in [5, 5.41) is 24.2. The van der Waals surface area contributed by atoms with E-state index in [4.69, 9.17) is 33.3 Å². The number of nitrogens with zero attached hydrogens (tertiary/aromatic N) is 1. The lowest BCUT2D eigenvalue weighted by Gasteiger charge is -2.45. The highest BCUT2D eigenvalue weighted by molar-refractivity contribution is 6.75. The van der Waals surface area contributed by atoms with Crippen LogP contribution in [0.1, 0.15) is 136 Å². The molecule has 13 atom stereocenters. The molecule has 0 unspecified atom stereocenters. The van der Waals surface area contributed by atoms with Crippen LogP contribution in [-0.4, -0.2) is 110 Å². The molecule has 418 valence electrons. The molecule has 1 aromatic rings. The third-order valence-electron chi connectivity index (χ3n) is 16.6. The summed E-state index contributed by atoms with van der Waals surface area (Å²) in [6.07, 6.45) is 2.64. The van der Waals surface area contributed by atoms with Crippen LogP contribution >= 0.6 is 0 Å². The molecule has 1 aromatic carbocycles. The SMILES string of the molecule is CON(C)C(=O)[C@H](C)[C@@H](O[Si](C)(C)C(C)(C)C)[C@@H](C)[C@@H](O)C[C@H](O)/C=C\[C@H](C)[C@H](O[Si](C)(C)C(C)(C)C)[C@@H](C)/C=C(/C)C[C@H](C)[C@@H](O[Si](C)(C)C(C)(C)C)[C@H](C)[C@@H](OC(N)=O)[C@@H](C)COCc1ccccc1. The molecule has 1 rings (SSSR count). The van der Waals surface area contributed by atoms with E-state index in [9.17, 15) is 19.8 Å². The molecule has 0 heterocycles. The van der Waals surface area contributed by atoms with E-state index in [1.54, 1.807) is 13.1 Å². The first-order valence-electron chi connectivity index (χ1n) is 26.8. The molecule has 0 bridgehead atoms. The van der Waals surface area contributed by atoms with E-state index < -0.39 is 67.3 Å². The standard InChI is InChI=1S/C57H108N2O10Si3/c1-38(34-41(4)51(68-71(22,23)56(12,13)14)44(7)50(66-54(58)63)42(5)36-65-37-46-29-27-26-28-30-46)33-40(3)49(67-70(20,21)55(9,10)11)39(2)31-32-47(60)35-48(61)43(6)52(45(8)53(62)59(18)64-19)69-72(24,25)57(15,16)17/h26-33,39-45,47-52,60-61H,34-37H2,1-25H3,(H2,58,63)/b32-31-,38-33-/t39-,40-,41-,42-,43-,44+,45+,47+,48-,49-,50-,51+,52-/m0/s1. The monoisotopic (exact) mass is 1060 g/mol. The number of carbonyl (C=O) groups is 2. The van der Waals surface area contributed by atoms with Crippen LogP contribution in [-0.2, 0) is 39.0 Å². The zero-order valence-electron chi connectivity index (χ0n) is 50.1. The Morgan fingerprint density at radius 3 is 1.61 bits per heavy atom. The molecule has 0 aromatic heterocycles. The molecule has 72 heavy (non-hydrogen) atoms. The highest BCUT2D eigenvalue weighted by Crippen LogP contribution is 2.43. The van der Waals surface area contributed by atoms with Crippen LogP contribution in [0, 0.1) is 41.4 Å². The Hall–Kier alpha value is -2.19. The van der Waals surface area contributed by atoms with Crippen LogP contribution in [0.15, 0.2) is 54.1 Å². The molecule has 0 aliphatic rings. The first-order chi connectivity index (χ1) is 32.6. The van der Waals surface area contributed by atoms with Crippen molar-refractivity contribution < 1.29 is 47.4 Å². The molecule has 12 nitrogen and oxygen atoms in total. The maximum absolute atomic E-state index is 13.4. The smallest absolute Gasteiger partial charge is 0.404 e. The lowest BCUT2D eigenvalue weighted by atomic mass is 9.81. The number of hydrogen-bond donors (Lipinski definition) is 3. The second-order valence-corrected chi connectivity index (χ2v) is 40.4. The van der Waals surface area contributed by atoms with Gasteiger partial charge in [-0.2, -0.15) is 0 Å². The summed E-state index contributed by atoms with van der Waals surface area (Å²) in [6, 6.07) is 10.0. The molecule has 0 aliphatic carbocycles. The first kappa shape index (κ1) is 67.8. The number of hydroxylamine groups is 2. The van der Waals surface area contributed by atoms with Gasteiger partial charge in [0, 0.05) is 31.2 Å². The topological polar surface area (TPSA) is 159 Å². The minimum absolute atomic E-state index is 0.00357. The van der Waals surface area contributed by atoms with E-state index >= 15 is 0 Å².